The molecular formula is C17H24N2O3. The Morgan fingerprint density at radius 1 is 1.23 bits per heavy atom. The fourth-order valence-corrected chi connectivity index (χ4v) is 2.07. The number of carbonyl (C=O) groups is 1. The van der Waals surface area contributed by atoms with E-state index < -0.39 is 4.92 Å². The monoisotopic (exact) mass is 304 g/mol. The number of nitro benzene ring substituents is 1. The van der Waals surface area contributed by atoms with E-state index in [4.69, 9.17) is 0 Å². The minimum Gasteiger partial charge on any atom is -0.350 e. The highest BCUT2D eigenvalue weighted by molar-refractivity contribution is 5.91. The molecule has 22 heavy (non-hydrogen) atoms. The minimum atomic E-state index is -0.445. The second-order valence-electron chi connectivity index (χ2n) is 5.92. The van der Waals surface area contributed by atoms with Gasteiger partial charge in [-0.2, -0.15) is 0 Å². The number of hydrogen-bond acceptors (Lipinski definition) is 3. The second kappa shape index (κ2) is 8.97. The predicted octanol–water partition coefficient (Wildman–Crippen LogP) is 3.94. The van der Waals surface area contributed by atoms with E-state index in [9.17, 15) is 14.9 Å². The predicted molar refractivity (Wildman–Crippen MR) is 88.4 cm³/mol. The molecule has 1 amide bonds. The Bertz CT molecular complexity index is 521. The van der Waals surface area contributed by atoms with Gasteiger partial charge in [-0.1, -0.05) is 26.7 Å². The van der Waals surface area contributed by atoms with E-state index in [2.05, 4.69) is 19.2 Å². The summed E-state index contributed by atoms with van der Waals surface area (Å²) in [7, 11) is 0. The number of amides is 1. The van der Waals surface area contributed by atoms with E-state index in [0.29, 0.717) is 5.92 Å². The maximum Gasteiger partial charge on any atom is 0.269 e. The van der Waals surface area contributed by atoms with E-state index >= 15 is 0 Å². The average Bonchev–Trinajstić information content (AvgIpc) is 2.45. The van der Waals surface area contributed by atoms with Gasteiger partial charge >= 0.3 is 0 Å². The van der Waals surface area contributed by atoms with Crippen molar-refractivity contribution in [3.05, 3.63) is 46.0 Å². The zero-order chi connectivity index (χ0) is 16.5. The fraction of sp³-hybridized carbons (Fsp3) is 0.471. The van der Waals surface area contributed by atoms with Crippen LogP contribution in [0.5, 0.6) is 0 Å². The van der Waals surface area contributed by atoms with Gasteiger partial charge < -0.3 is 5.32 Å². The second-order valence-corrected chi connectivity index (χ2v) is 5.92. The Labute approximate surface area is 131 Å². The lowest BCUT2D eigenvalue weighted by atomic mass is 10.0. The van der Waals surface area contributed by atoms with Crippen LogP contribution in [0.2, 0.25) is 0 Å². The lowest BCUT2D eigenvalue weighted by molar-refractivity contribution is -0.384. The van der Waals surface area contributed by atoms with E-state index in [-0.39, 0.29) is 17.6 Å². The first-order valence-corrected chi connectivity index (χ1v) is 7.61. The highest BCUT2D eigenvalue weighted by Gasteiger charge is 2.06. The topological polar surface area (TPSA) is 72.2 Å². The summed E-state index contributed by atoms with van der Waals surface area (Å²) in [6.45, 7) is 6.38. The summed E-state index contributed by atoms with van der Waals surface area (Å²) in [5.74, 6) is 0.542. The van der Waals surface area contributed by atoms with Crippen LogP contribution in [0.15, 0.2) is 30.3 Å². The lowest BCUT2D eigenvalue weighted by Gasteiger charge is -2.13. The van der Waals surface area contributed by atoms with Crippen LogP contribution in [0.4, 0.5) is 5.69 Å². The summed E-state index contributed by atoms with van der Waals surface area (Å²) in [4.78, 5) is 21.9. The molecule has 0 aromatic heterocycles. The van der Waals surface area contributed by atoms with Gasteiger partial charge in [0, 0.05) is 24.3 Å². The molecule has 0 unspecified atom stereocenters. The van der Waals surface area contributed by atoms with Crippen molar-refractivity contribution in [2.45, 2.75) is 46.1 Å². The number of nitro groups is 1. The van der Waals surface area contributed by atoms with Crippen molar-refractivity contribution in [3.63, 3.8) is 0 Å². The molecule has 0 radical (unpaired) electrons. The molecule has 0 aliphatic rings. The molecule has 0 saturated heterocycles. The van der Waals surface area contributed by atoms with Crippen molar-refractivity contribution in [2.24, 2.45) is 5.92 Å². The van der Waals surface area contributed by atoms with Gasteiger partial charge in [-0.3, -0.25) is 14.9 Å². The fourth-order valence-electron chi connectivity index (χ4n) is 2.07. The van der Waals surface area contributed by atoms with Gasteiger partial charge in [0.05, 0.1) is 4.92 Å². The van der Waals surface area contributed by atoms with Crippen LogP contribution < -0.4 is 5.32 Å². The number of nitrogens with zero attached hydrogens (tertiary/aromatic N) is 1. The number of nitrogens with one attached hydrogen (secondary N) is 1. The zero-order valence-electron chi connectivity index (χ0n) is 13.4. The van der Waals surface area contributed by atoms with E-state index in [1.165, 1.54) is 24.6 Å². The molecule has 0 spiro atoms. The smallest absolute Gasteiger partial charge is 0.269 e. The average molecular weight is 304 g/mol. The quantitative estimate of drug-likeness (QED) is 0.449. The lowest BCUT2D eigenvalue weighted by Crippen LogP contribution is -2.31. The van der Waals surface area contributed by atoms with Crippen LogP contribution in [-0.2, 0) is 4.79 Å². The van der Waals surface area contributed by atoms with Crippen LogP contribution >= 0.6 is 0 Å². The standard InChI is InChI=1S/C17H24N2O3/c1-13(2)5-4-6-14(3)18-17(20)12-9-15-7-10-16(11-8-15)19(21)22/h7-14H,4-6H2,1-3H3,(H,18,20)/b12-9+/t14-/m1/s1. The van der Waals surface area contributed by atoms with Gasteiger partial charge in [-0.05, 0) is 43.0 Å². The van der Waals surface area contributed by atoms with E-state index in [1.54, 1.807) is 18.2 Å². The summed E-state index contributed by atoms with van der Waals surface area (Å²) in [6, 6.07) is 6.23. The van der Waals surface area contributed by atoms with Gasteiger partial charge in [0.1, 0.15) is 0 Å². The summed E-state index contributed by atoms with van der Waals surface area (Å²) >= 11 is 0. The van der Waals surface area contributed by atoms with Crippen molar-refractivity contribution >= 4 is 17.7 Å². The van der Waals surface area contributed by atoms with Crippen LogP contribution in [0.25, 0.3) is 6.08 Å². The Balaban J connectivity index is 2.41. The number of carbonyl (C=O) groups excluding carboxylic acids is 1. The molecule has 0 aliphatic heterocycles. The van der Waals surface area contributed by atoms with Gasteiger partial charge in [0.2, 0.25) is 5.91 Å². The first-order valence-electron chi connectivity index (χ1n) is 7.61. The Morgan fingerprint density at radius 2 is 1.86 bits per heavy atom. The highest BCUT2D eigenvalue weighted by Crippen LogP contribution is 2.13. The van der Waals surface area contributed by atoms with Gasteiger partial charge in [0.15, 0.2) is 0 Å². The third-order valence-corrected chi connectivity index (χ3v) is 3.34. The molecule has 120 valence electrons. The molecule has 0 heterocycles. The molecule has 1 aromatic carbocycles. The molecule has 1 atom stereocenters. The Hall–Kier alpha value is -2.17. The third-order valence-electron chi connectivity index (χ3n) is 3.34. The Kier molecular flexibility index (Phi) is 7.29. The normalized spacial score (nSPS) is 12.5. The molecule has 5 nitrogen and oxygen atoms in total. The van der Waals surface area contributed by atoms with E-state index in [1.807, 2.05) is 6.92 Å². The summed E-state index contributed by atoms with van der Waals surface area (Å²) in [5.41, 5.74) is 0.800. The van der Waals surface area contributed by atoms with Gasteiger partial charge in [-0.25, -0.2) is 0 Å². The maximum atomic E-state index is 11.8. The van der Waals surface area contributed by atoms with Crippen LogP contribution in [0.1, 0.15) is 45.6 Å². The number of non-ortho nitro benzene ring substituents is 1. The van der Waals surface area contributed by atoms with Crippen LogP contribution in [0.3, 0.4) is 0 Å². The molecule has 5 heteroatoms. The molecule has 1 rings (SSSR count). The van der Waals surface area contributed by atoms with Gasteiger partial charge in [0.25, 0.3) is 5.69 Å². The third kappa shape index (κ3) is 7.02. The first kappa shape index (κ1) is 17.9. The van der Waals surface area contributed by atoms with Crippen molar-refractivity contribution in [1.82, 2.24) is 5.32 Å². The van der Waals surface area contributed by atoms with Crippen molar-refractivity contribution in [1.29, 1.82) is 0 Å². The molecular weight excluding hydrogens is 280 g/mol. The molecule has 0 fully saturated rings. The summed E-state index contributed by atoms with van der Waals surface area (Å²) in [6.07, 6.45) is 6.35. The number of hydrogen-bond donors (Lipinski definition) is 1. The molecule has 1 N–H and O–H groups in total. The number of benzene rings is 1. The van der Waals surface area contributed by atoms with Crippen molar-refractivity contribution in [2.75, 3.05) is 0 Å². The molecule has 0 aliphatic carbocycles. The van der Waals surface area contributed by atoms with Gasteiger partial charge in [-0.15, -0.1) is 0 Å². The zero-order valence-corrected chi connectivity index (χ0v) is 13.4. The summed E-state index contributed by atoms with van der Waals surface area (Å²) in [5, 5.41) is 13.5. The highest BCUT2D eigenvalue weighted by atomic mass is 16.6. The Morgan fingerprint density at radius 3 is 2.41 bits per heavy atom. The largest absolute Gasteiger partial charge is 0.350 e. The molecule has 0 saturated carbocycles. The summed E-state index contributed by atoms with van der Waals surface area (Å²) < 4.78 is 0. The van der Waals surface area contributed by atoms with Crippen LogP contribution in [0, 0.1) is 16.0 Å². The van der Waals surface area contributed by atoms with Crippen molar-refractivity contribution in [3.8, 4) is 0 Å². The van der Waals surface area contributed by atoms with Crippen LogP contribution in [-0.4, -0.2) is 16.9 Å². The SMILES string of the molecule is CC(C)CCC[C@@H](C)NC(=O)/C=C/c1ccc([N+](=O)[O-])cc1. The maximum absolute atomic E-state index is 11.8. The minimum absolute atomic E-state index is 0.0420. The molecule has 1 aromatic rings. The number of rotatable bonds is 8. The molecule has 0 bridgehead atoms. The van der Waals surface area contributed by atoms with Crippen molar-refractivity contribution < 1.29 is 9.72 Å². The van der Waals surface area contributed by atoms with E-state index in [0.717, 1.165) is 18.4 Å². The first-order chi connectivity index (χ1) is 10.4.